The van der Waals surface area contributed by atoms with Crippen LogP contribution in [0.3, 0.4) is 0 Å². The van der Waals surface area contributed by atoms with E-state index >= 15 is 0 Å². The molecule has 0 bridgehead atoms. The van der Waals surface area contributed by atoms with E-state index in [1.807, 2.05) is 20.8 Å². The van der Waals surface area contributed by atoms with Gasteiger partial charge in [0, 0.05) is 5.41 Å². The molecule has 0 fully saturated rings. The van der Waals surface area contributed by atoms with Gasteiger partial charge in [0.15, 0.2) is 0 Å². The number of hydrogen-bond acceptors (Lipinski definition) is 5. The zero-order valence-electron chi connectivity index (χ0n) is 8.71. The molecule has 2 heterocycles. The van der Waals surface area contributed by atoms with Crippen LogP contribution in [0.1, 0.15) is 26.5 Å². The summed E-state index contributed by atoms with van der Waals surface area (Å²) in [7, 11) is 0. The highest BCUT2D eigenvalue weighted by molar-refractivity contribution is 6.34. The summed E-state index contributed by atoms with van der Waals surface area (Å²) in [6.45, 7) is 6.03. The number of aromatic nitrogens is 3. The smallest absolute Gasteiger partial charge is 0.264 e. The lowest BCUT2D eigenvalue weighted by molar-refractivity contribution is 0.414. The lowest BCUT2D eigenvalue weighted by Gasteiger charge is -2.14. The van der Waals surface area contributed by atoms with E-state index in [0.29, 0.717) is 11.1 Å². The molecule has 80 valence electrons. The third-order valence-corrected chi connectivity index (χ3v) is 2.29. The fourth-order valence-corrected chi connectivity index (χ4v) is 1.60. The lowest BCUT2D eigenvalue weighted by Crippen LogP contribution is -2.12. The van der Waals surface area contributed by atoms with Crippen LogP contribution in [-0.4, -0.2) is 15.1 Å². The topological polar surface area (TPSA) is 77.8 Å². The Labute approximate surface area is 91.6 Å². The molecule has 15 heavy (non-hydrogen) atoms. The van der Waals surface area contributed by atoms with Gasteiger partial charge in [-0.3, -0.25) is 0 Å². The van der Waals surface area contributed by atoms with Gasteiger partial charge in [-0.15, -0.1) is 0 Å². The van der Waals surface area contributed by atoms with Crippen LogP contribution in [0.5, 0.6) is 0 Å². The Hall–Kier alpha value is -1.36. The first-order valence-corrected chi connectivity index (χ1v) is 4.86. The SMILES string of the molecule is CC(C)(C)c1noc2nc(N)nc(Cl)c12. The zero-order chi connectivity index (χ0) is 11.2. The predicted octanol–water partition coefficient (Wildman–Crippen LogP) is 2.15. The van der Waals surface area contributed by atoms with E-state index < -0.39 is 0 Å². The molecule has 0 spiro atoms. The number of nitrogen functional groups attached to an aromatic ring is 1. The Bertz CT molecular complexity index is 515. The van der Waals surface area contributed by atoms with E-state index in [4.69, 9.17) is 21.9 Å². The van der Waals surface area contributed by atoms with Gasteiger partial charge in [0.05, 0.1) is 0 Å². The molecule has 0 unspecified atom stereocenters. The minimum absolute atomic E-state index is 0.0871. The van der Waals surface area contributed by atoms with Crippen LogP contribution in [0, 0.1) is 0 Å². The summed E-state index contributed by atoms with van der Waals surface area (Å²) in [6.07, 6.45) is 0. The van der Waals surface area contributed by atoms with Gasteiger partial charge in [0.2, 0.25) is 5.95 Å². The molecule has 6 heteroatoms. The third kappa shape index (κ3) is 1.63. The van der Waals surface area contributed by atoms with Gasteiger partial charge in [0.25, 0.3) is 5.71 Å². The van der Waals surface area contributed by atoms with Crippen LogP contribution >= 0.6 is 11.6 Å². The summed E-state index contributed by atoms with van der Waals surface area (Å²) in [5.74, 6) is 0.0871. The normalized spacial score (nSPS) is 12.3. The summed E-state index contributed by atoms with van der Waals surface area (Å²) < 4.78 is 5.07. The van der Waals surface area contributed by atoms with E-state index in [1.165, 1.54) is 0 Å². The van der Waals surface area contributed by atoms with Crippen molar-refractivity contribution in [1.82, 2.24) is 15.1 Å². The number of hydrogen-bond donors (Lipinski definition) is 1. The Balaban J connectivity index is 2.81. The first kappa shape index (κ1) is 10.2. The van der Waals surface area contributed by atoms with Crippen LogP contribution in [0.2, 0.25) is 5.15 Å². The van der Waals surface area contributed by atoms with Crippen LogP contribution in [0.4, 0.5) is 5.95 Å². The summed E-state index contributed by atoms with van der Waals surface area (Å²) >= 11 is 5.98. The van der Waals surface area contributed by atoms with Gasteiger partial charge in [-0.05, 0) is 0 Å². The highest BCUT2D eigenvalue weighted by Gasteiger charge is 2.25. The Morgan fingerprint density at radius 2 is 1.93 bits per heavy atom. The molecule has 2 rings (SSSR count). The van der Waals surface area contributed by atoms with Crippen molar-refractivity contribution in [1.29, 1.82) is 0 Å². The average Bonchev–Trinajstić information content (AvgIpc) is 2.45. The van der Waals surface area contributed by atoms with E-state index in [1.54, 1.807) is 0 Å². The highest BCUT2D eigenvalue weighted by Crippen LogP contribution is 2.32. The predicted molar refractivity (Wildman–Crippen MR) is 57.7 cm³/mol. The van der Waals surface area contributed by atoms with Crippen molar-refractivity contribution in [3.63, 3.8) is 0 Å². The summed E-state index contributed by atoms with van der Waals surface area (Å²) in [5.41, 5.74) is 6.35. The number of nitrogens with zero attached hydrogens (tertiary/aromatic N) is 3. The maximum absolute atomic E-state index is 5.98. The largest absolute Gasteiger partial charge is 0.368 e. The Morgan fingerprint density at radius 3 is 2.53 bits per heavy atom. The summed E-state index contributed by atoms with van der Waals surface area (Å²) in [5, 5.41) is 4.87. The van der Waals surface area contributed by atoms with Crippen LogP contribution in [0.25, 0.3) is 11.1 Å². The van der Waals surface area contributed by atoms with Crippen molar-refractivity contribution in [2.24, 2.45) is 0 Å². The Morgan fingerprint density at radius 1 is 1.27 bits per heavy atom. The van der Waals surface area contributed by atoms with Gasteiger partial charge < -0.3 is 10.3 Å². The van der Waals surface area contributed by atoms with Gasteiger partial charge in [0.1, 0.15) is 16.2 Å². The molecular formula is C9H11ClN4O. The van der Waals surface area contributed by atoms with Crippen LogP contribution < -0.4 is 5.73 Å². The average molecular weight is 227 g/mol. The molecule has 0 saturated heterocycles. The molecular weight excluding hydrogens is 216 g/mol. The van der Waals surface area contributed by atoms with Crippen LogP contribution in [-0.2, 0) is 5.41 Å². The molecule has 0 radical (unpaired) electrons. The third-order valence-electron chi connectivity index (χ3n) is 2.02. The van der Waals surface area contributed by atoms with Gasteiger partial charge >= 0.3 is 0 Å². The van der Waals surface area contributed by atoms with Crippen molar-refractivity contribution in [2.45, 2.75) is 26.2 Å². The summed E-state index contributed by atoms with van der Waals surface area (Å²) in [6, 6.07) is 0. The highest BCUT2D eigenvalue weighted by atomic mass is 35.5. The van der Waals surface area contributed by atoms with E-state index in [9.17, 15) is 0 Å². The molecule has 0 aliphatic rings. The lowest BCUT2D eigenvalue weighted by atomic mass is 9.91. The standard InChI is InChI=1S/C9H11ClN4O/c1-9(2,3)5-4-6(10)12-8(11)13-7(4)15-14-5/h1-3H3,(H2,11,12,13). The second kappa shape index (κ2) is 3.06. The van der Waals surface area contributed by atoms with Crippen molar-refractivity contribution < 1.29 is 4.52 Å². The minimum Gasteiger partial charge on any atom is -0.368 e. The summed E-state index contributed by atoms with van der Waals surface area (Å²) in [4.78, 5) is 7.80. The van der Waals surface area contributed by atoms with Crippen molar-refractivity contribution in [3.05, 3.63) is 10.8 Å². The van der Waals surface area contributed by atoms with Gasteiger partial charge in [-0.1, -0.05) is 37.5 Å². The molecule has 5 nitrogen and oxygen atoms in total. The van der Waals surface area contributed by atoms with Gasteiger partial charge in [-0.25, -0.2) is 4.98 Å². The van der Waals surface area contributed by atoms with E-state index in [0.717, 1.165) is 5.69 Å². The molecule has 0 aromatic carbocycles. The number of halogens is 1. The van der Waals surface area contributed by atoms with Crippen LogP contribution in [0.15, 0.2) is 4.52 Å². The maximum atomic E-state index is 5.98. The molecule has 0 saturated carbocycles. The second-order valence-electron chi connectivity index (χ2n) is 4.33. The maximum Gasteiger partial charge on any atom is 0.264 e. The van der Waals surface area contributed by atoms with E-state index in [-0.39, 0.29) is 16.5 Å². The number of fused-ring (bicyclic) bond motifs is 1. The number of nitrogens with two attached hydrogens (primary N) is 1. The Kier molecular flexibility index (Phi) is 2.08. The first-order chi connectivity index (χ1) is 6.89. The molecule has 2 aromatic heterocycles. The number of anilines is 1. The molecule has 0 amide bonds. The van der Waals surface area contributed by atoms with Crippen molar-refractivity contribution in [3.8, 4) is 0 Å². The number of rotatable bonds is 0. The molecule has 2 aromatic rings. The molecule has 0 aliphatic carbocycles. The monoisotopic (exact) mass is 226 g/mol. The van der Waals surface area contributed by atoms with Crippen molar-refractivity contribution in [2.75, 3.05) is 5.73 Å². The first-order valence-electron chi connectivity index (χ1n) is 4.48. The minimum atomic E-state index is -0.172. The molecule has 0 atom stereocenters. The fourth-order valence-electron chi connectivity index (χ4n) is 1.34. The van der Waals surface area contributed by atoms with Crippen molar-refractivity contribution >= 4 is 28.6 Å². The zero-order valence-corrected chi connectivity index (χ0v) is 9.46. The second-order valence-corrected chi connectivity index (χ2v) is 4.69. The quantitative estimate of drug-likeness (QED) is 0.697. The molecule has 2 N–H and O–H groups in total. The van der Waals surface area contributed by atoms with Gasteiger partial charge in [-0.2, -0.15) is 4.98 Å². The van der Waals surface area contributed by atoms with E-state index in [2.05, 4.69) is 15.1 Å². The molecule has 0 aliphatic heterocycles. The fraction of sp³-hybridized carbons (Fsp3) is 0.444.